The SMILES string of the molecule is C[CH]OC(C)=O.C[CH]OC(C)=O.O. The quantitative estimate of drug-likeness (QED) is 0.601. The predicted octanol–water partition coefficient (Wildman–Crippen LogP) is 0.638. The first-order valence-electron chi connectivity index (χ1n) is 3.44. The number of carbonyl (C=O) groups is 2. The predicted molar refractivity (Wildman–Crippen MR) is 47.1 cm³/mol. The molecule has 13 heavy (non-hydrogen) atoms. The van der Waals surface area contributed by atoms with Crippen LogP contribution in [-0.2, 0) is 19.1 Å². The van der Waals surface area contributed by atoms with Crippen LogP contribution in [0.1, 0.15) is 27.7 Å². The first-order valence-corrected chi connectivity index (χ1v) is 3.44. The van der Waals surface area contributed by atoms with Crippen LogP contribution in [0.15, 0.2) is 0 Å². The molecule has 0 spiro atoms. The van der Waals surface area contributed by atoms with E-state index < -0.39 is 0 Å². The third-order valence-electron chi connectivity index (χ3n) is 0.568. The van der Waals surface area contributed by atoms with E-state index in [1.807, 2.05) is 0 Å². The summed E-state index contributed by atoms with van der Waals surface area (Å²) in [4.78, 5) is 19.6. The second kappa shape index (κ2) is 13.5. The minimum atomic E-state index is -0.266. The van der Waals surface area contributed by atoms with Crippen LogP contribution in [0.3, 0.4) is 0 Å². The van der Waals surface area contributed by atoms with Gasteiger partial charge in [-0.3, -0.25) is 9.59 Å². The summed E-state index contributed by atoms with van der Waals surface area (Å²) >= 11 is 0. The maximum Gasteiger partial charge on any atom is 0.303 e. The molecule has 0 heterocycles. The van der Waals surface area contributed by atoms with Crippen LogP contribution in [0.5, 0.6) is 0 Å². The molecule has 0 amide bonds. The summed E-state index contributed by atoms with van der Waals surface area (Å²) in [6, 6.07) is 0. The highest BCUT2D eigenvalue weighted by Crippen LogP contribution is 1.76. The highest BCUT2D eigenvalue weighted by Gasteiger charge is 1.83. The molecule has 2 radical (unpaired) electrons. The van der Waals surface area contributed by atoms with E-state index in [0.29, 0.717) is 0 Å². The van der Waals surface area contributed by atoms with E-state index >= 15 is 0 Å². The van der Waals surface area contributed by atoms with Crippen molar-refractivity contribution in [2.45, 2.75) is 27.7 Å². The molecule has 0 saturated heterocycles. The molecule has 0 aromatic rings. The number of carbonyl (C=O) groups excluding carboxylic acids is 2. The summed E-state index contributed by atoms with van der Waals surface area (Å²) in [6.45, 7) is 8.73. The van der Waals surface area contributed by atoms with Crippen LogP contribution in [0.25, 0.3) is 0 Å². The van der Waals surface area contributed by atoms with Crippen LogP contribution < -0.4 is 0 Å². The zero-order valence-corrected chi connectivity index (χ0v) is 8.29. The Hall–Kier alpha value is -1.10. The lowest BCUT2D eigenvalue weighted by atomic mass is 10.8. The minimum Gasteiger partial charge on any atom is -0.459 e. The van der Waals surface area contributed by atoms with Gasteiger partial charge in [0.15, 0.2) is 0 Å². The molecule has 0 aromatic carbocycles. The van der Waals surface area contributed by atoms with Gasteiger partial charge in [-0.25, -0.2) is 0 Å². The first kappa shape index (κ1) is 17.8. The van der Waals surface area contributed by atoms with E-state index in [9.17, 15) is 9.59 Å². The molecule has 5 heteroatoms. The van der Waals surface area contributed by atoms with Crippen LogP contribution in [0, 0.1) is 13.2 Å². The van der Waals surface area contributed by atoms with E-state index in [-0.39, 0.29) is 17.4 Å². The van der Waals surface area contributed by atoms with Crippen molar-refractivity contribution in [2.75, 3.05) is 0 Å². The Morgan fingerprint density at radius 2 is 1.15 bits per heavy atom. The largest absolute Gasteiger partial charge is 0.459 e. The van der Waals surface area contributed by atoms with Crippen molar-refractivity contribution in [1.29, 1.82) is 0 Å². The Morgan fingerprint density at radius 3 is 1.15 bits per heavy atom. The fraction of sp³-hybridized carbons (Fsp3) is 0.500. The third-order valence-corrected chi connectivity index (χ3v) is 0.568. The Morgan fingerprint density at radius 1 is 0.923 bits per heavy atom. The molecule has 2 N–H and O–H groups in total. The van der Waals surface area contributed by atoms with Gasteiger partial charge in [-0.2, -0.15) is 0 Å². The Kier molecular flexibility index (Phi) is 18.5. The van der Waals surface area contributed by atoms with Gasteiger partial charge in [0.05, 0.1) is 0 Å². The second-order valence-electron chi connectivity index (χ2n) is 1.69. The van der Waals surface area contributed by atoms with Gasteiger partial charge in [-0.1, -0.05) is 0 Å². The molecule has 0 atom stereocenters. The topological polar surface area (TPSA) is 84.1 Å². The van der Waals surface area contributed by atoms with Crippen LogP contribution in [-0.4, -0.2) is 17.4 Å². The van der Waals surface area contributed by atoms with Gasteiger partial charge in [0, 0.05) is 13.8 Å². The van der Waals surface area contributed by atoms with Gasteiger partial charge >= 0.3 is 11.9 Å². The standard InChI is InChI=1S/2C4H7O2.H2O/c2*1-3-6-4(2)5;/h2*3H,1-2H3;1H2. The summed E-state index contributed by atoms with van der Waals surface area (Å²) in [5.41, 5.74) is 0. The molecule has 0 bridgehead atoms. The lowest BCUT2D eigenvalue weighted by Crippen LogP contribution is -1.90. The number of ether oxygens (including phenoxy) is 2. The maximum absolute atomic E-state index is 9.79. The molecule has 0 aliphatic rings. The summed E-state index contributed by atoms with van der Waals surface area (Å²) in [6.07, 6.45) is 0. The molecular formula is C8H16O5. The minimum absolute atomic E-state index is 0. The molecule has 0 aromatic heterocycles. The van der Waals surface area contributed by atoms with Gasteiger partial charge in [-0.15, -0.1) is 0 Å². The molecule has 0 aliphatic carbocycles. The number of hydrogen-bond donors (Lipinski definition) is 0. The fourth-order valence-electron chi connectivity index (χ4n) is 0.332. The van der Waals surface area contributed by atoms with Gasteiger partial charge in [0.2, 0.25) is 0 Å². The van der Waals surface area contributed by atoms with Crippen molar-refractivity contribution in [1.82, 2.24) is 0 Å². The Bertz CT molecular complexity index is 116. The van der Waals surface area contributed by atoms with E-state index in [4.69, 9.17) is 0 Å². The van der Waals surface area contributed by atoms with Crippen LogP contribution in [0.4, 0.5) is 0 Å². The smallest absolute Gasteiger partial charge is 0.303 e. The maximum atomic E-state index is 9.79. The van der Waals surface area contributed by atoms with Crippen molar-refractivity contribution in [3.63, 3.8) is 0 Å². The zero-order valence-electron chi connectivity index (χ0n) is 8.29. The normalized spacial score (nSPS) is 7.08. The Balaban J connectivity index is -0.000000143. The van der Waals surface area contributed by atoms with E-state index in [1.54, 1.807) is 13.8 Å². The van der Waals surface area contributed by atoms with Gasteiger partial charge in [0.25, 0.3) is 0 Å². The lowest BCUT2D eigenvalue weighted by molar-refractivity contribution is -0.138. The highest BCUT2D eigenvalue weighted by molar-refractivity contribution is 5.66. The summed E-state index contributed by atoms with van der Waals surface area (Å²) < 4.78 is 8.56. The molecule has 5 nitrogen and oxygen atoms in total. The van der Waals surface area contributed by atoms with Crippen molar-refractivity contribution in [3.05, 3.63) is 13.2 Å². The van der Waals surface area contributed by atoms with Crippen molar-refractivity contribution in [2.24, 2.45) is 0 Å². The molecule has 0 saturated carbocycles. The van der Waals surface area contributed by atoms with E-state index in [0.717, 1.165) is 0 Å². The van der Waals surface area contributed by atoms with Crippen molar-refractivity contribution in [3.8, 4) is 0 Å². The molecule has 0 aliphatic heterocycles. The van der Waals surface area contributed by atoms with E-state index in [1.165, 1.54) is 27.1 Å². The molecule has 0 unspecified atom stereocenters. The summed E-state index contributed by atoms with van der Waals surface area (Å²) in [7, 11) is 0. The number of hydrogen-bond acceptors (Lipinski definition) is 4. The summed E-state index contributed by atoms with van der Waals surface area (Å²) in [5.74, 6) is -0.532. The molecule has 0 rings (SSSR count). The number of esters is 2. The molecule has 0 fully saturated rings. The molecular weight excluding hydrogens is 176 g/mol. The van der Waals surface area contributed by atoms with Crippen molar-refractivity contribution >= 4 is 11.9 Å². The van der Waals surface area contributed by atoms with Gasteiger partial charge in [0.1, 0.15) is 13.2 Å². The Labute approximate surface area is 78.3 Å². The first-order chi connectivity index (χ1) is 5.54. The van der Waals surface area contributed by atoms with E-state index in [2.05, 4.69) is 9.47 Å². The highest BCUT2D eigenvalue weighted by atomic mass is 16.5. The number of rotatable bonds is 2. The average molecular weight is 192 g/mol. The third kappa shape index (κ3) is 36.0. The fourth-order valence-corrected chi connectivity index (χ4v) is 0.332. The zero-order chi connectivity index (χ0) is 9.98. The van der Waals surface area contributed by atoms with Crippen LogP contribution >= 0.6 is 0 Å². The summed E-state index contributed by atoms with van der Waals surface area (Å²) in [5, 5.41) is 0. The lowest BCUT2D eigenvalue weighted by Gasteiger charge is -1.88. The van der Waals surface area contributed by atoms with Gasteiger partial charge in [-0.05, 0) is 13.8 Å². The van der Waals surface area contributed by atoms with Crippen molar-refractivity contribution < 1.29 is 24.5 Å². The monoisotopic (exact) mass is 192 g/mol. The average Bonchev–Trinajstić information content (AvgIpc) is 1.87. The molecule has 78 valence electrons. The van der Waals surface area contributed by atoms with Gasteiger partial charge < -0.3 is 14.9 Å². The second-order valence-corrected chi connectivity index (χ2v) is 1.69. The van der Waals surface area contributed by atoms with Crippen LogP contribution in [0.2, 0.25) is 0 Å².